The molecule has 0 radical (unpaired) electrons. The van der Waals surface area contributed by atoms with Gasteiger partial charge in [0.15, 0.2) is 8.07 Å². The van der Waals surface area contributed by atoms with E-state index >= 15 is 0 Å². The molecule has 7 aromatic carbocycles. The summed E-state index contributed by atoms with van der Waals surface area (Å²) in [6.45, 7) is 0. The van der Waals surface area contributed by atoms with Gasteiger partial charge < -0.3 is 4.57 Å². The maximum absolute atomic E-state index is 10.6. The van der Waals surface area contributed by atoms with E-state index in [2.05, 4.69) is 150 Å². The molecule has 224 valence electrons. The largest absolute Gasteiger partial charge is 0.309 e. The summed E-state index contributed by atoms with van der Waals surface area (Å²) in [5, 5.41) is 27.4. The first-order valence-corrected chi connectivity index (χ1v) is 18.0. The minimum absolute atomic E-state index is 0.621. The lowest BCUT2D eigenvalue weighted by Gasteiger charge is -2.35. The molecule has 48 heavy (non-hydrogen) atoms. The van der Waals surface area contributed by atoms with Crippen molar-refractivity contribution in [3.63, 3.8) is 0 Å². The molecule has 8 aromatic rings. The molecule has 4 heteroatoms. The van der Waals surface area contributed by atoms with Crippen molar-refractivity contribution in [3.8, 4) is 29.0 Å². The Morgan fingerprint density at radius 3 is 1.60 bits per heavy atom. The summed E-state index contributed by atoms with van der Waals surface area (Å²) in [6.07, 6.45) is 0. The Morgan fingerprint density at radius 2 is 0.979 bits per heavy atom. The molecule has 0 fully saturated rings. The van der Waals surface area contributed by atoms with Crippen molar-refractivity contribution < 1.29 is 0 Å². The Bertz CT molecular complexity index is 2430. The summed E-state index contributed by atoms with van der Waals surface area (Å²) >= 11 is 0. The van der Waals surface area contributed by atoms with Crippen molar-refractivity contribution in [2.75, 3.05) is 0 Å². The minimum Gasteiger partial charge on any atom is -0.309 e. The SMILES string of the molecule is N#Cc1ccc2c(c1)c1ccccc1n2-c1ccccc1-c1cc([Si](c2ccccc2)(c2ccccc2)c2ccccc2)ccc1C#N. The molecule has 0 atom stereocenters. The molecule has 0 amide bonds. The molecule has 8 rings (SSSR count). The third-order valence-electron chi connectivity index (χ3n) is 9.43. The van der Waals surface area contributed by atoms with Crippen LogP contribution in [0.3, 0.4) is 0 Å². The van der Waals surface area contributed by atoms with Crippen LogP contribution >= 0.6 is 0 Å². The van der Waals surface area contributed by atoms with Crippen LogP contribution in [0.5, 0.6) is 0 Å². The third kappa shape index (κ3) is 4.55. The van der Waals surface area contributed by atoms with Gasteiger partial charge in [0.1, 0.15) is 0 Å². The van der Waals surface area contributed by atoms with E-state index in [1.54, 1.807) is 0 Å². The van der Waals surface area contributed by atoms with E-state index in [0.717, 1.165) is 38.6 Å². The van der Waals surface area contributed by atoms with Crippen LogP contribution in [0.2, 0.25) is 0 Å². The number of nitrogens with zero attached hydrogens (tertiary/aromatic N) is 3. The number of hydrogen-bond acceptors (Lipinski definition) is 2. The van der Waals surface area contributed by atoms with Gasteiger partial charge in [-0.1, -0.05) is 140 Å². The van der Waals surface area contributed by atoms with Crippen LogP contribution < -0.4 is 20.7 Å². The number of aromatic nitrogens is 1. The maximum Gasteiger partial charge on any atom is 0.179 e. The topological polar surface area (TPSA) is 52.5 Å². The average Bonchev–Trinajstić information content (AvgIpc) is 3.50. The predicted octanol–water partition coefficient (Wildman–Crippen LogP) is 7.57. The highest BCUT2D eigenvalue weighted by Crippen LogP contribution is 2.37. The zero-order valence-electron chi connectivity index (χ0n) is 26.1. The quantitative estimate of drug-likeness (QED) is 0.141. The van der Waals surface area contributed by atoms with Gasteiger partial charge in [-0.2, -0.15) is 10.5 Å². The highest BCUT2D eigenvalue weighted by atomic mass is 28.3. The van der Waals surface area contributed by atoms with Gasteiger partial charge in [-0.15, -0.1) is 0 Å². The Kier molecular flexibility index (Phi) is 7.27. The van der Waals surface area contributed by atoms with Crippen LogP contribution in [-0.4, -0.2) is 12.6 Å². The normalized spacial score (nSPS) is 11.3. The molecule has 0 aliphatic heterocycles. The van der Waals surface area contributed by atoms with Gasteiger partial charge in [0.2, 0.25) is 0 Å². The highest BCUT2D eigenvalue weighted by Gasteiger charge is 2.41. The monoisotopic (exact) mass is 627 g/mol. The van der Waals surface area contributed by atoms with E-state index in [0.29, 0.717) is 11.1 Å². The Hall–Kier alpha value is -6.46. The Balaban J connectivity index is 1.45. The van der Waals surface area contributed by atoms with Crippen LogP contribution in [0.15, 0.2) is 176 Å². The van der Waals surface area contributed by atoms with Gasteiger partial charge in [-0.05, 0) is 57.1 Å². The molecule has 0 aliphatic carbocycles. The second-order valence-corrected chi connectivity index (χ2v) is 15.7. The molecular weight excluding hydrogens is 599 g/mol. The lowest BCUT2D eigenvalue weighted by Crippen LogP contribution is -2.74. The summed E-state index contributed by atoms with van der Waals surface area (Å²) in [4.78, 5) is 0. The van der Waals surface area contributed by atoms with E-state index in [9.17, 15) is 10.5 Å². The van der Waals surface area contributed by atoms with Crippen molar-refractivity contribution in [1.82, 2.24) is 4.57 Å². The van der Waals surface area contributed by atoms with Gasteiger partial charge >= 0.3 is 0 Å². The first-order valence-electron chi connectivity index (χ1n) is 16.0. The summed E-state index contributed by atoms with van der Waals surface area (Å²) < 4.78 is 2.27. The number of hydrogen-bond donors (Lipinski definition) is 0. The number of rotatable bonds is 6. The van der Waals surface area contributed by atoms with Crippen LogP contribution in [0.25, 0.3) is 38.6 Å². The van der Waals surface area contributed by atoms with Crippen molar-refractivity contribution >= 4 is 50.6 Å². The average molecular weight is 628 g/mol. The molecule has 1 aromatic heterocycles. The smallest absolute Gasteiger partial charge is 0.179 e. The summed E-state index contributed by atoms with van der Waals surface area (Å²) in [6, 6.07) is 66.3. The molecule has 0 spiro atoms. The third-order valence-corrected chi connectivity index (χ3v) is 14.2. The van der Waals surface area contributed by atoms with Crippen LogP contribution in [0.1, 0.15) is 11.1 Å². The minimum atomic E-state index is -2.83. The van der Waals surface area contributed by atoms with Gasteiger partial charge in [0.05, 0.1) is 40.0 Å². The summed E-state index contributed by atoms with van der Waals surface area (Å²) in [5.74, 6) is 0. The zero-order valence-corrected chi connectivity index (χ0v) is 27.1. The highest BCUT2D eigenvalue weighted by molar-refractivity contribution is 7.19. The van der Waals surface area contributed by atoms with Gasteiger partial charge in [0.25, 0.3) is 0 Å². The zero-order chi connectivity index (χ0) is 32.5. The van der Waals surface area contributed by atoms with Crippen molar-refractivity contribution in [3.05, 3.63) is 187 Å². The van der Waals surface area contributed by atoms with E-state index < -0.39 is 8.07 Å². The fourth-order valence-electron chi connectivity index (χ4n) is 7.36. The van der Waals surface area contributed by atoms with Gasteiger partial charge in [-0.3, -0.25) is 0 Å². The van der Waals surface area contributed by atoms with E-state index in [1.807, 2.05) is 42.5 Å². The van der Waals surface area contributed by atoms with Crippen LogP contribution in [0, 0.1) is 22.7 Å². The first kappa shape index (κ1) is 29.0. The fraction of sp³-hybridized carbons (Fsp3) is 0. The number of nitriles is 2. The van der Waals surface area contributed by atoms with Crippen molar-refractivity contribution in [2.45, 2.75) is 0 Å². The number of fused-ring (bicyclic) bond motifs is 3. The fourth-order valence-corrected chi connectivity index (χ4v) is 12.1. The second-order valence-electron chi connectivity index (χ2n) is 11.9. The second kappa shape index (κ2) is 12.0. The molecule has 0 bridgehead atoms. The molecular formula is C44H29N3Si. The predicted molar refractivity (Wildman–Crippen MR) is 199 cm³/mol. The first-order chi connectivity index (χ1) is 23.7. The Labute approximate surface area is 280 Å². The molecule has 0 unspecified atom stereocenters. The maximum atomic E-state index is 10.6. The summed E-state index contributed by atoms with van der Waals surface area (Å²) in [7, 11) is -2.83. The molecule has 0 aliphatic rings. The lowest BCUT2D eigenvalue weighted by molar-refractivity contribution is 1.18. The lowest BCUT2D eigenvalue weighted by atomic mass is 9.98. The van der Waals surface area contributed by atoms with E-state index in [4.69, 9.17) is 0 Å². The van der Waals surface area contributed by atoms with Crippen LogP contribution in [-0.2, 0) is 0 Å². The van der Waals surface area contributed by atoms with Gasteiger partial charge in [-0.25, -0.2) is 0 Å². The van der Waals surface area contributed by atoms with Gasteiger partial charge in [0, 0.05) is 21.9 Å². The van der Waals surface area contributed by atoms with E-state index in [1.165, 1.54) is 20.7 Å². The molecule has 0 saturated carbocycles. The standard InChI is InChI=1S/C44H29N3Si/c45-30-32-24-27-44-41(28-32)39-21-11-13-23-43(39)47(44)42-22-12-10-20-38(42)40-29-37(26-25-33(40)31-46)48(34-14-4-1-5-15-34,35-16-6-2-7-17-35)36-18-8-3-9-19-36/h1-29H. The van der Waals surface area contributed by atoms with Crippen LogP contribution in [0.4, 0.5) is 0 Å². The molecule has 3 nitrogen and oxygen atoms in total. The molecule has 0 N–H and O–H groups in total. The molecule has 1 heterocycles. The Morgan fingerprint density at radius 1 is 0.417 bits per heavy atom. The van der Waals surface area contributed by atoms with Crippen molar-refractivity contribution in [1.29, 1.82) is 10.5 Å². The number of para-hydroxylation sites is 2. The molecule has 0 saturated heterocycles. The van der Waals surface area contributed by atoms with E-state index in [-0.39, 0.29) is 0 Å². The van der Waals surface area contributed by atoms with Crippen molar-refractivity contribution in [2.24, 2.45) is 0 Å². The number of benzene rings is 7. The summed E-state index contributed by atoms with van der Waals surface area (Å²) in [5.41, 5.74) is 6.15.